The molecular weight excluding hydrogens is 371 g/mol. The van der Waals surface area contributed by atoms with E-state index in [1.807, 2.05) is 0 Å². The molecule has 2 amide bonds. The standard InChI is InChI=1S/C17H17F5N4O/c1-26-8-12(13(25-26)14(18)19)24-15(27)23-9-16(6-7-16)10-2-4-11(5-3-10)17(20,21)22/h2-5,8,14H,6-7,9H2,1H3,(H2,23,24,27). The Hall–Kier alpha value is -2.65. The number of nitrogens with zero attached hydrogens (tertiary/aromatic N) is 2. The number of urea groups is 1. The van der Waals surface area contributed by atoms with E-state index in [0.717, 1.165) is 12.1 Å². The first-order valence-corrected chi connectivity index (χ1v) is 8.15. The molecule has 2 N–H and O–H groups in total. The number of alkyl halides is 5. The first kappa shape index (κ1) is 19.1. The highest BCUT2D eigenvalue weighted by molar-refractivity contribution is 5.89. The van der Waals surface area contributed by atoms with Gasteiger partial charge in [0.25, 0.3) is 6.43 Å². The Balaban J connectivity index is 1.62. The van der Waals surface area contributed by atoms with Crippen molar-refractivity contribution in [2.75, 3.05) is 11.9 Å². The first-order valence-electron chi connectivity index (χ1n) is 8.15. The van der Waals surface area contributed by atoms with Gasteiger partial charge in [0.1, 0.15) is 0 Å². The van der Waals surface area contributed by atoms with E-state index in [-0.39, 0.29) is 12.2 Å². The van der Waals surface area contributed by atoms with E-state index in [1.54, 1.807) is 0 Å². The molecular formula is C17H17F5N4O. The minimum Gasteiger partial charge on any atom is -0.337 e. The Labute approximate surface area is 151 Å². The van der Waals surface area contributed by atoms with Gasteiger partial charge in [0, 0.05) is 25.2 Å². The highest BCUT2D eigenvalue weighted by atomic mass is 19.4. The molecule has 0 atom stereocenters. The number of anilines is 1. The van der Waals surface area contributed by atoms with Gasteiger partial charge in [0.05, 0.1) is 11.3 Å². The van der Waals surface area contributed by atoms with Gasteiger partial charge in [-0.25, -0.2) is 13.6 Å². The molecule has 0 aliphatic heterocycles. The van der Waals surface area contributed by atoms with Crippen molar-refractivity contribution in [3.05, 3.63) is 47.3 Å². The number of aromatic nitrogens is 2. The zero-order chi connectivity index (χ0) is 19.8. The summed E-state index contributed by atoms with van der Waals surface area (Å²) in [5.74, 6) is 0. The van der Waals surface area contributed by atoms with Crippen LogP contribution in [0.1, 0.15) is 36.1 Å². The van der Waals surface area contributed by atoms with Crippen LogP contribution in [0.3, 0.4) is 0 Å². The van der Waals surface area contributed by atoms with Crippen LogP contribution in [0.25, 0.3) is 0 Å². The molecule has 0 unspecified atom stereocenters. The van der Waals surface area contributed by atoms with Crippen LogP contribution in [-0.4, -0.2) is 22.4 Å². The summed E-state index contributed by atoms with van der Waals surface area (Å²) in [4.78, 5) is 12.0. The Bertz CT molecular complexity index is 825. The van der Waals surface area contributed by atoms with Gasteiger partial charge in [-0.1, -0.05) is 12.1 Å². The van der Waals surface area contributed by atoms with Crippen LogP contribution < -0.4 is 10.6 Å². The van der Waals surface area contributed by atoms with Gasteiger partial charge in [0.2, 0.25) is 0 Å². The van der Waals surface area contributed by atoms with Crippen LogP contribution >= 0.6 is 0 Å². The number of rotatable bonds is 5. The molecule has 1 saturated carbocycles. The molecule has 3 rings (SSSR count). The molecule has 0 radical (unpaired) electrons. The number of halogens is 5. The lowest BCUT2D eigenvalue weighted by atomic mass is 9.95. The van der Waals surface area contributed by atoms with Crippen LogP contribution in [0.15, 0.2) is 30.5 Å². The molecule has 1 aromatic heterocycles. The van der Waals surface area contributed by atoms with Gasteiger partial charge in [0.15, 0.2) is 5.69 Å². The third-order valence-corrected chi connectivity index (χ3v) is 4.58. The number of benzene rings is 1. The molecule has 10 heteroatoms. The summed E-state index contributed by atoms with van der Waals surface area (Å²) in [5.41, 5.74) is -1.09. The van der Waals surface area contributed by atoms with Crippen molar-refractivity contribution in [1.29, 1.82) is 0 Å². The fourth-order valence-corrected chi connectivity index (χ4v) is 2.91. The van der Waals surface area contributed by atoms with Crippen LogP contribution in [0, 0.1) is 0 Å². The van der Waals surface area contributed by atoms with Crippen molar-refractivity contribution in [2.45, 2.75) is 30.9 Å². The second-order valence-electron chi connectivity index (χ2n) is 6.57. The highest BCUT2D eigenvalue weighted by Gasteiger charge is 2.44. The predicted octanol–water partition coefficient (Wildman–Crippen LogP) is 4.23. The predicted molar refractivity (Wildman–Crippen MR) is 87.5 cm³/mol. The maximum absolute atomic E-state index is 12.9. The minimum absolute atomic E-state index is 0.0932. The van der Waals surface area contributed by atoms with Crippen LogP contribution in [0.5, 0.6) is 0 Å². The Morgan fingerprint density at radius 3 is 2.41 bits per heavy atom. The van der Waals surface area contributed by atoms with Crippen LogP contribution in [-0.2, 0) is 18.6 Å². The maximum Gasteiger partial charge on any atom is 0.416 e. The SMILES string of the molecule is Cn1cc(NC(=O)NCC2(c3ccc(C(F)(F)F)cc3)CC2)c(C(F)F)n1. The summed E-state index contributed by atoms with van der Waals surface area (Å²) >= 11 is 0. The highest BCUT2D eigenvalue weighted by Crippen LogP contribution is 2.48. The van der Waals surface area contributed by atoms with E-state index >= 15 is 0 Å². The molecule has 146 valence electrons. The molecule has 1 fully saturated rings. The number of amides is 2. The fraction of sp³-hybridized carbons (Fsp3) is 0.412. The van der Waals surface area contributed by atoms with Gasteiger partial charge >= 0.3 is 12.2 Å². The smallest absolute Gasteiger partial charge is 0.337 e. The normalized spacial score (nSPS) is 15.7. The van der Waals surface area contributed by atoms with Crippen molar-refractivity contribution in [3.8, 4) is 0 Å². The molecule has 1 aliphatic rings. The van der Waals surface area contributed by atoms with Crippen LogP contribution in [0.4, 0.5) is 32.4 Å². The number of carbonyl (C=O) groups excluding carboxylic acids is 1. The number of nitrogens with one attached hydrogen (secondary N) is 2. The lowest BCUT2D eigenvalue weighted by molar-refractivity contribution is -0.137. The van der Waals surface area contributed by atoms with Crippen molar-refractivity contribution < 1.29 is 26.7 Å². The Morgan fingerprint density at radius 2 is 1.89 bits per heavy atom. The van der Waals surface area contributed by atoms with Crippen molar-refractivity contribution in [2.24, 2.45) is 7.05 Å². The van der Waals surface area contributed by atoms with E-state index in [4.69, 9.17) is 0 Å². The van der Waals surface area contributed by atoms with Crippen molar-refractivity contribution in [3.63, 3.8) is 0 Å². The summed E-state index contributed by atoms with van der Waals surface area (Å²) < 4.78 is 64.9. The molecule has 27 heavy (non-hydrogen) atoms. The summed E-state index contributed by atoms with van der Waals surface area (Å²) in [6, 6.07) is 4.17. The van der Waals surface area contributed by atoms with Crippen molar-refractivity contribution >= 4 is 11.7 Å². The van der Waals surface area contributed by atoms with Gasteiger partial charge in [-0.2, -0.15) is 18.3 Å². The summed E-state index contributed by atoms with van der Waals surface area (Å²) in [7, 11) is 1.46. The molecule has 1 aromatic carbocycles. The number of carbonyl (C=O) groups is 1. The summed E-state index contributed by atoms with van der Waals surface area (Å²) in [6.07, 6.45) is -4.53. The maximum atomic E-state index is 12.9. The lowest BCUT2D eigenvalue weighted by Gasteiger charge is -2.18. The molecule has 0 saturated heterocycles. The molecule has 2 aromatic rings. The Morgan fingerprint density at radius 1 is 1.26 bits per heavy atom. The third-order valence-electron chi connectivity index (χ3n) is 4.58. The van der Waals surface area contributed by atoms with E-state index in [1.165, 1.54) is 30.1 Å². The summed E-state index contributed by atoms with van der Waals surface area (Å²) in [5, 5.41) is 8.52. The van der Waals surface area contributed by atoms with Crippen LogP contribution in [0.2, 0.25) is 0 Å². The monoisotopic (exact) mass is 388 g/mol. The lowest BCUT2D eigenvalue weighted by Crippen LogP contribution is -2.35. The topological polar surface area (TPSA) is 59.0 Å². The molecule has 0 spiro atoms. The average Bonchev–Trinajstić information content (AvgIpc) is 3.29. The van der Waals surface area contributed by atoms with E-state index < -0.39 is 35.3 Å². The largest absolute Gasteiger partial charge is 0.416 e. The second-order valence-corrected chi connectivity index (χ2v) is 6.57. The minimum atomic E-state index is -4.40. The summed E-state index contributed by atoms with van der Waals surface area (Å²) in [6.45, 7) is 0.189. The van der Waals surface area contributed by atoms with Gasteiger partial charge in [-0.05, 0) is 30.5 Å². The number of aryl methyl sites for hydroxylation is 1. The third kappa shape index (κ3) is 4.20. The van der Waals surface area contributed by atoms with E-state index in [0.29, 0.717) is 18.4 Å². The number of hydrogen-bond acceptors (Lipinski definition) is 2. The molecule has 1 aliphatic carbocycles. The fourth-order valence-electron chi connectivity index (χ4n) is 2.91. The number of hydrogen-bond donors (Lipinski definition) is 2. The van der Waals surface area contributed by atoms with Gasteiger partial charge in [-0.15, -0.1) is 0 Å². The molecule has 1 heterocycles. The van der Waals surface area contributed by atoms with Gasteiger partial charge < -0.3 is 10.6 Å². The first-order chi connectivity index (χ1) is 12.6. The van der Waals surface area contributed by atoms with E-state index in [9.17, 15) is 26.7 Å². The Kier molecular flexibility index (Phi) is 4.83. The zero-order valence-electron chi connectivity index (χ0n) is 14.3. The van der Waals surface area contributed by atoms with Crippen molar-refractivity contribution in [1.82, 2.24) is 15.1 Å². The second kappa shape index (κ2) is 6.82. The zero-order valence-corrected chi connectivity index (χ0v) is 14.3. The van der Waals surface area contributed by atoms with Gasteiger partial charge in [-0.3, -0.25) is 4.68 Å². The molecule has 0 bridgehead atoms. The molecule has 5 nitrogen and oxygen atoms in total. The average molecular weight is 388 g/mol. The van der Waals surface area contributed by atoms with E-state index in [2.05, 4.69) is 15.7 Å². The quantitative estimate of drug-likeness (QED) is 0.754.